The minimum atomic E-state index is -3.33. The highest BCUT2D eigenvalue weighted by Crippen LogP contribution is 2.29. The molecule has 0 aromatic heterocycles. The zero-order valence-electron chi connectivity index (χ0n) is 16.8. The molecule has 0 saturated heterocycles. The van der Waals surface area contributed by atoms with E-state index in [-0.39, 0.29) is 17.8 Å². The summed E-state index contributed by atoms with van der Waals surface area (Å²) in [5, 5.41) is 6.76. The first-order valence-electron chi connectivity index (χ1n) is 8.72. The van der Waals surface area contributed by atoms with E-state index in [2.05, 4.69) is 20.3 Å². The number of guanidine groups is 1. The van der Waals surface area contributed by atoms with Crippen LogP contribution >= 0.6 is 11.6 Å². The van der Waals surface area contributed by atoms with Crippen LogP contribution in [-0.2, 0) is 15.4 Å². The van der Waals surface area contributed by atoms with Crippen LogP contribution in [0.4, 0.5) is 4.39 Å². The van der Waals surface area contributed by atoms with Crippen LogP contribution in [0.3, 0.4) is 0 Å². The van der Waals surface area contributed by atoms with E-state index in [0.29, 0.717) is 24.1 Å². The molecule has 6 nitrogen and oxygen atoms in total. The first kappa shape index (κ1) is 23.7. The molecule has 0 fully saturated rings. The van der Waals surface area contributed by atoms with Gasteiger partial charge in [-0.3, -0.25) is 4.99 Å². The monoisotopic (exact) mass is 420 g/mol. The van der Waals surface area contributed by atoms with Crippen molar-refractivity contribution in [3.63, 3.8) is 0 Å². The molecule has 0 unspecified atom stereocenters. The zero-order valence-corrected chi connectivity index (χ0v) is 18.4. The van der Waals surface area contributed by atoms with Crippen LogP contribution < -0.4 is 15.4 Å². The van der Waals surface area contributed by atoms with E-state index in [4.69, 9.17) is 11.6 Å². The van der Waals surface area contributed by atoms with E-state index >= 15 is 0 Å². The predicted octanol–water partition coefficient (Wildman–Crippen LogP) is 2.64. The third-order valence-electron chi connectivity index (χ3n) is 3.80. The minimum Gasteiger partial charge on any atom is -0.357 e. The second kappa shape index (κ2) is 9.21. The fourth-order valence-corrected chi connectivity index (χ4v) is 4.08. The Labute approximate surface area is 167 Å². The Balaban J connectivity index is 2.87. The van der Waals surface area contributed by atoms with E-state index in [1.165, 1.54) is 12.1 Å². The van der Waals surface area contributed by atoms with E-state index in [0.717, 1.165) is 11.8 Å². The fourth-order valence-electron chi connectivity index (χ4n) is 2.59. The second-order valence-electron chi connectivity index (χ2n) is 7.81. The molecule has 1 aromatic carbocycles. The maximum absolute atomic E-state index is 13.3. The van der Waals surface area contributed by atoms with Gasteiger partial charge in [-0.05, 0) is 38.5 Å². The molecule has 0 radical (unpaired) electrons. The normalized spacial score (nSPS) is 13.6. The van der Waals surface area contributed by atoms with Crippen molar-refractivity contribution in [2.45, 2.75) is 45.6 Å². The number of benzene rings is 1. The van der Waals surface area contributed by atoms with Gasteiger partial charge in [0.05, 0.1) is 12.8 Å². The summed E-state index contributed by atoms with van der Waals surface area (Å²) in [4.78, 5) is 4.48. The molecular formula is C18H30ClFN4O2S. The molecule has 3 N–H and O–H groups in total. The maximum atomic E-state index is 13.3. The van der Waals surface area contributed by atoms with Crippen LogP contribution in [0.1, 0.15) is 40.2 Å². The maximum Gasteiger partial charge on any atom is 0.209 e. The summed E-state index contributed by atoms with van der Waals surface area (Å²) in [5.41, 5.74) is -0.263. The first-order chi connectivity index (χ1) is 12.3. The van der Waals surface area contributed by atoms with Gasteiger partial charge >= 0.3 is 0 Å². The van der Waals surface area contributed by atoms with E-state index in [1.807, 2.05) is 20.8 Å². The third-order valence-corrected chi connectivity index (χ3v) is 5.03. The Kier molecular flexibility index (Phi) is 8.07. The van der Waals surface area contributed by atoms with Crippen LogP contribution in [0.5, 0.6) is 0 Å². The van der Waals surface area contributed by atoms with Crippen molar-refractivity contribution < 1.29 is 12.8 Å². The number of hydrogen-bond acceptors (Lipinski definition) is 3. The van der Waals surface area contributed by atoms with Crippen LogP contribution in [0.25, 0.3) is 0 Å². The number of hydrogen-bond donors (Lipinski definition) is 3. The molecule has 1 rings (SSSR count). The van der Waals surface area contributed by atoms with Gasteiger partial charge in [0.2, 0.25) is 10.0 Å². The Morgan fingerprint density at radius 2 is 1.85 bits per heavy atom. The molecule has 0 saturated carbocycles. The van der Waals surface area contributed by atoms with Crippen LogP contribution in [0.2, 0.25) is 5.02 Å². The number of nitrogens with one attached hydrogen (secondary N) is 3. The van der Waals surface area contributed by atoms with Crippen LogP contribution in [0, 0.1) is 5.82 Å². The third kappa shape index (κ3) is 8.45. The summed E-state index contributed by atoms with van der Waals surface area (Å²) < 4.78 is 38.8. The van der Waals surface area contributed by atoms with Crippen molar-refractivity contribution in [3.8, 4) is 0 Å². The molecule has 154 valence electrons. The summed E-state index contributed by atoms with van der Waals surface area (Å²) in [7, 11) is -3.33. The largest absolute Gasteiger partial charge is 0.357 e. The number of nitrogens with zero attached hydrogens (tertiary/aromatic N) is 1. The quantitative estimate of drug-likeness (QED) is 0.446. The van der Waals surface area contributed by atoms with Crippen molar-refractivity contribution in [3.05, 3.63) is 34.6 Å². The van der Waals surface area contributed by atoms with Gasteiger partial charge in [0.25, 0.3) is 0 Å². The summed E-state index contributed by atoms with van der Waals surface area (Å²) in [6, 6.07) is 4.38. The van der Waals surface area contributed by atoms with Gasteiger partial charge in [0, 0.05) is 29.1 Å². The highest BCUT2D eigenvalue weighted by atomic mass is 35.5. The number of aliphatic imine (C=N–C) groups is 1. The lowest BCUT2D eigenvalue weighted by atomic mass is 9.84. The lowest BCUT2D eigenvalue weighted by Gasteiger charge is -2.28. The summed E-state index contributed by atoms with van der Waals surface area (Å²) >= 11 is 6.19. The number of halogens is 2. The van der Waals surface area contributed by atoms with E-state index < -0.39 is 15.6 Å². The molecule has 0 heterocycles. The first-order valence-corrected chi connectivity index (χ1v) is 11.0. The molecule has 0 spiro atoms. The van der Waals surface area contributed by atoms with Crippen LogP contribution in [-0.4, -0.2) is 45.8 Å². The molecule has 0 atom stereocenters. The average molecular weight is 421 g/mol. The van der Waals surface area contributed by atoms with Crippen molar-refractivity contribution in [2.24, 2.45) is 4.99 Å². The summed E-state index contributed by atoms with van der Waals surface area (Å²) in [5.74, 6) is 0.190. The predicted molar refractivity (Wildman–Crippen MR) is 110 cm³/mol. The number of sulfonamides is 1. The molecule has 0 aliphatic heterocycles. The topological polar surface area (TPSA) is 82.6 Å². The van der Waals surface area contributed by atoms with Gasteiger partial charge in [0.1, 0.15) is 5.82 Å². The summed E-state index contributed by atoms with van der Waals surface area (Å²) in [6.45, 7) is 10.9. The van der Waals surface area contributed by atoms with Gasteiger partial charge in [-0.2, -0.15) is 0 Å². The van der Waals surface area contributed by atoms with Gasteiger partial charge < -0.3 is 10.6 Å². The van der Waals surface area contributed by atoms with Crippen molar-refractivity contribution in [1.29, 1.82) is 0 Å². The van der Waals surface area contributed by atoms with Crippen molar-refractivity contribution >= 4 is 27.6 Å². The van der Waals surface area contributed by atoms with Crippen molar-refractivity contribution in [1.82, 2.24) is 15.4 Å². The average Bonchev–Trinajstić information content (AvgIpc) is 2.47. The molecule has 27 heavy (non-hydrogen) atoms. The SMILES string of the molecule is CCNC(=NCC(C)(C)NS(C)(=O)=O)NCC(C)(C)c1ccc(F)cc1Cl. The molecule has 0 amide bonds. The molecular weight excluding hydrogens is 391 g/mol. The summed E-state index contributed by atoms with van der Waals surface area (Å²) in [6.07, 6.45) is 1.12. The Morgan fingerprint density at radius 3 is 2.37 bits per heavy atom. The zero-order chi connectivity index (χ0) is 20.9. The Morgan fingerprint density at radius 1 is 1.22 bits per heavy atom. The van der Waals surface area contributed by atoms with Gasteiger partial charge in [-0.15, -0.1) is 0 Å². The van der Waals surface area contributed by atoms with Crippen LogP contribution in [0.15, 0.2) is 23.2 Å². The molecule has 0 bridgehead atoms. The van der Waals surface area contributed by atoms with Gasteiger partial charge in [-0.25, -0.2) is 17.5 Å². The highest BCUT2D eigenvalue weighted by molar-refractivity contribution is 7.88. The highest BCUT2D eigenvalue weighted by Gasteiger charge is 2.25. The fraction of sp³-hybridized carbons (Fsp3) is 0.611. The smallest absolute Gasteiger partial charge is 0.209 e. The minimum absolute atomic E-state index is 0.257. The Bertz CT molecular complexity index is 780. The standard InChI is InChI=1S/C18H30ClFN4O2S/c1-7-21-16(23-12-18(4,5)24-27(6,25)26)22-11-17(2,3)14-9-8-13(20)10-15(14)19/h8-10,24H,7,11-12H2,1-6H3,(H2,21,22,23). The molecule has 1 aromatic rings. The lowest BCUT2D eigenvalue weighted by Crippen LogP contribution is -2.48. The van der Waals surface area contributed by atoms with E-state index in [9.17, 15) is 12.8 Å². The molecule has 0 aliphatic carbocycles. The number of rotatable bonds is 8. The molecule has 0 aliphatic rings. The Hall–Kier alpha value is -1.38. The lowest BCUT2D eigenvalue weighted by molar-refractivity contribution is 0.462. The van der Waals surface area contributed by atoms with E-state index in [1.54, 1.807) is 19.9 Å². The van der Waals surface area contributed by atoms with Gasteiger partial charge in [0.15, 0.2) is 5.96 Å². The van der Waals surface area contributed by atoms with Gasteiger partial charge in [-0.1, -0.05) is 31.5 Å². The van der Waals surface area contributed by atoms with Crippen molar-refractivity contribution in [2.75, 3.05) is 25.9 Å². The molecule has 9 heteroatoms. The second-order valence-corrected chi connectivity index (χ2v) is 9.97.